The van der Waals surface area contributed by atoms with Gasteiger partial charge in [0.05, 0.1) is 11.9 Å². The Bertz CT molecular complexity index is 655. The summed E-state index contributed by atoms with van der Waals surface area (Å²) in [6, 6.07) is 16.4. The fraction of sp³-hybridized carbons (Fsp3) is 0.118. The summed E-state index contributed by atoms with van der Waals surface area (Å²) in [5.41, 5.74) is 5.33. The van der Waals surface area contributed by atoms with Crippen molar-refractivity contribution in [2.45, 2.75) is 13.8 Å². The molecule has 0 aliphatic heterocycles. The molecule has 98 valence electrons. The van der Waals surface area contributed by atoms with Crippen molar-refractivity contribution in [1.29, 1.82) is 0 Å². The Hall–Kier alpha value is -2.55. The van der Waals surface area contributed by atoms with Crippen LogP contribution in [0.15, 0.2) is 54.7 Å². The molecule has 2 aromatic carbocycles. The van der Waals surface area contributed by atoms with Gasteiger partial charge >= 0.3 is 0 Å². The van der Waals surface area contributed by atoms with E-state index in [4.69, 9.17) is 0 Å². The van der Waals surface area contributed by atoms with Gasteiger partial charge in [-0.1, -0.05) is 59.7 Å². The number of nitrogens with zero attached hydrogens (tertiary/aromatic N) is 3. The van der Waals surface area contributed by atoms with Crippen LogP contribution in [0.1, 0.15) is 11.1 Å². The molecule has 0 atom stereocenters. The number of hydrogen-bond donors (Lipinski definition) is 0. The van der Waals surface area contributed by atoms with Crippen LogP contribution < -0.4 is 0 Å². The summed E-state index contributed by atoms with van der Waals surface area (Å²) >= 11 is 0. The molecule has 0 spiro atoms. The number of aromatic nitrogens is 3. The number of aryl methyl sites for hydroxylation is 2. The first-order chi connectivity index (χ1) is 9.72. The van der Waals surface area contributed by atoms with Crippen molar-refractivity contribution in [2.75, 3.05) is 0 Å². The molecule has 0 bridgehead atoms. The highest BCUT2D eigenvalue weighted by Gasteiger charge is 2.05. The van der Waals surface area contributed by atoms with Gasteiger partial charge in [0.25, 0.3) is 0 Å². The van der Waals surface area contributed by atoms with Crippen LogP contribution in [0.5, 0.6) is 0 Å². The van der Waals surface area contributed by atoms with Gasteiger partial charge in [-0.15, -0.1) is 5.10 Å². The van der Waals surface area contributed by atoms with Crippen LogP contribution in [-0.2, 0) is 0 Å². The topological polar surface area (TPSA) is 38.7 Å². The van der Waals surface area contributed by atoms with Crippen molar-refractivity contribution in [1.82, 2.24) is 15.2 Å². The van der Waals surface area contributed by atoms with Crippen LogP contribution in [0.3, 0.4) is 0 Å². The van der Waals surface area contributed by atoms with Crippen LogP contribution in [-0.4, -0.2) is 15.2 Å². The maximum absolute atomic E-state index is 4.60. The minimum atomic E-state index is 0.656. The summed E-state index contributed by atoms with van der Waals surface area (Å²) in [5.74, 6) is 0.656. The molecule has 0 fully saturated rings. The molecule has 0 aliphatic rings. The molecule has 0 unspecified atom stereocenters. The third kappa shape index (κ3) is 2.57. The molecular weight excluding hydrogens is 246 g/mol. The normalized spacial score (nSPS) is 10.5. The molecule has 3 aromatic rings. The predicted molar refractivity (Wildman–Crippen MR) is 80.2 cm³/mol. The second kappa shape index (κ2) is 5.21. The zero-order chi connectivity index (χ0) is 13.9. The molecule has 0 saturated carbocycles. The van der Waals surface area contributed by atoms with Gasteiger partial charge in [-0.2, -0.15) is 5.10 Å². The summed E-state index contributed by atoms with van der Waals surface area (Å²) in [7, 11) is 0. The lowest BCUT2D eigenvalue weighted by atomic mass is 10.1. The highest BCUT2D eigenvalue weighted by Crippen LogP contribution is 2.20. The lowest BCUT2D eigenvalue weighted by molar-refractivity contribution is 0.984. The fourth-order valence-corrected chi connectivity index (χ4v) is 1.99. The van der Waals surface area contributed by atoms with Crippen LogP contribution in [0, 0.1) is 13.8 Å². The van der Waals surface area contributed by atoms with Crippen molar-refractivity contribution in [3.8, 4) is 22.6 Å². The SMILES string of the molecule is Cc1ccc(-c2cnnc(-c3ccc(C)cc3)n2)cc1. The third-order valence-electron chi connectivity index (χ3n) is 3.22. The highest BCUT2D eigenvalue weighted by atomic mass is 15.1. The maximum atomic E-state index is 4.60. The lowest BCUT2D eigenvalue weighted by Gasteiger charge is -2.04. The van der Waals surface area contributed by atoms with Gasteiger partial charge < -0.3 is 0 Å². The zero-order valence-electron chi connectivity index (χ0n) is 11.5. The van der Waals surface area contributed by atoms with Crippen molar-refractivity contribution in [3.05, 3.63) is 65.9 Å². The summed E-state index contributed by atoms with van der Waals surface area (Å²) in [6.07, 6.45) is 1.70. The van der Waals surface area contributed by atoms with Gasteiger partial charge in [0.15, 0.2) is 5.82 Å². The predicted octanol–water partition coefficient (Wildman–Crippen LogP) is 3.82. The second-order valence-corrected chi connectivity index (χ2v) is 4.90. The Morgan fingerprint density at radius 2 is 1.25 bits per heavy atom. The maximum Gasteiger partial charge on any atom is 0.182 e. The minimum Gasteiger partial charge on any atom is -0.225 e. The average molecular weight is 261 g/mol. The van der Waals surface area contributed by atoms with Crippen molar-refractivity contribution in [2.24, 2.45) is 0 Å². The Balaban J connectivity index is 2.01. The van der Waals surface area contributed by atoms with Gasteiger partial charge in [-0.25, -0.2) is 4.98 Å². The van der Waals surface area contributed by atoms with E-state index in [9.17, 15) is 0 Å². The van der Waals surface area contributed by atoms with Gasteiger partial charge in [-0.3, -0.25) is 0 Å². The fourth-order valence-electron chi connectivity index (χ4n) is 1.99. The van der Waals surface area contributed by atoms with Gasteiger partial charge in [0, 0.05) is 11.1 Å². The van der Waals surface area contributed by atoms with Crippen molar-refractivity contribution < 1.29 is 0 Å². The van der Waals surface area contributed by atoms with E-state index in [-0.39, 0.29) is 0 Å². The molecule has 0 radical (unpaired) electrons. The standard InChI is InChI=1S/C17H15N3/c1-12-3-7-14(8-4-12)16-11-18-20-17(19-16)15-9-5-13(2)6-10-15/h3-11H,1-2H3. The summed E-state index contributed by atoms with van der Waals surface area (Å²) in [6.45, 7) is 4.13. The average Bonchev–Trinajstić information content (AvgIpc) is 2.49. The number of rotatable bonds is 2. The van der Waals surface area contributed by atoms with E-state index < -0.39 is 0 Å². The molecule has 3 nitrogen and oxygen atoms in total. The Kier molecular flexibility index (Phi) is 3.25. The summed E-state index contributed by atoms with van der Waals surface area (Å²) in [5, 5.41) is 8.19. The molecular formula is C17H15N3. The lowest BCUT2D eigenvalue weighted by Crippen LogP contribution is -1.94. The van der Waals surface area contributed by atoms with E-state index in [0.29, 0.717) is 5.82 Å². The van der Waals surface area contributed by atoms with Crippen molar-refractivity contribution in [3.63, 3.8) is 0 Å². The first-order valence-electron chi connectivity index (χ1n) is 6.56. The summed E-state index contributed by atoms with van der Waals surface area (Å²) in [4.78, 5) is 4.60. The molecule has 0 saturated heterocycles. The number of hydrogen-bond acceptors (Lipinski definition) is 3. The summed E-state index contributed by atoms with van der Waals surface area (Å²) < 4.78 is 0. The van der Waals surface area contributed by atoms with Crippen LogP contribution >= 0.6 is 0 Å². The number of benzene rings is 2. The van der Waals surface area contributed by atoms with Gasteiger partial charge in [0.2, 0.25) is 0 Å². The van der Waals surface area contributed by atoms with E-state index in [1.54, 1.807) is 6.20 Å². The molecule has 20 heavy (non-hydrogen) atoms. The quantitative estimate of drug-likeness (QED) is 0.704. The first-order valence-corrected chi connectivity index (χ1v) is 6.56. The smallest absolute Gasteiger partial charge is 0.182 e. The minimum absolute atomic E-state index is 0.656. The molecule has 3 heteroatoms. The monoisotopic (exact) mass is 261 g/mol. The Labute approximate surface area is 118 Å². The molecule has 0 aliphatic carbocycles. The van der Waals surface area contributed by atoms with Crippen molar-refractivity contribution >= 4 is 0 Å². The Morgan fingerprint density at radius 3 is 1.85 bits per heavy atom. The van der Waals surface area contributed by atoms with E-state index in [1.807, 2.05) is 12.1 Å². The van der Waals surface area contributed by atoms with E-state index in [0.717, 1.165) is 16.8 Å². The van der Waals surface area contributed by atoms with E-state index in [2.05, 4.69) is 65.4 Å². The molecule has 1 aromatic heterocycles. The third-order valence-corrected chi connectivity index (χ3v) is 3.22. The molecule has 0 amide bonds. The zero-order valence-corrected chi connectivity index (χ0v) is 11.5. The molecule has 1 heterocycles. The van der Waals surface area contributed by atoms with Crippen LogP contribution in [0.2, 0.25) is 0 Å². The second-order valence-electron chi connectivity index (χ2n) is 4.90. The Morgan fingerprint density at radius 1 is 0.700 bits per heavy atom. The van der Waals surface area contributed by atoms with E-state index in [1.165, 1.54) is 11.1 Å². The largest absolute Gasteiger partial charge is 0.225 e. The van der Waals surface area contributed by atoms with Crippen LogP contribution in [0.25, 0.3) is 22.6 Å². The molecule has 3 rings (SSSR count). The van der Waals surface area contributed by atoms with Gasteiger partial charge in [-0.05, 0) is 13.8 Å². The highest BCUT2D eigenvalue weighted by molar-refractivity contribution is 5.62. The van der Waals surface area contributed by atoms with E-state index >= 15 is 0 Å². The van der Waals surface area contributed by atoms with Crippen LogP contribution in [0.4, 0.5) is 0 Å². The van der Waals surface area contributed by atoms with Gasteiger partial charge in [0.1, 0.15) is 0 Å². The first kappa shape index (κ1) is 12.5. The molecule has 0 N–H and O–H groups in total.